The molecule has 1 saturated heterocycles. The summed E-state index contributed by atoms with van der Waals surface area (Å²) in [5.41, 5.74) is 5.83. The van der Waals surface area contributed by atoms with Crippen LogP contribution in [0.4, 0.5) is 5.69 Å². The van der Waals surface area contributed by atoms with Crippen LogP contribution in [0.1, 0.15) is 25.7 Å². The zero-order valence-electron chi connectivity index (χ0n) is 11.7. The zero-order chi connectivity index (χ0) is 14.9. The van der Waals surface area contributed by atoms with Gasteiger partial charge in [-0.2, -0.15) is 0 Å². The van der Waals surface area contributed by atoms with E-state index in [0.717, 1.165) is 10.2 Å². The lowest BCUT2D eigenvalue weighted by molar-refractivity contribution is -0.183. The maximum absolute atomic E-state index is 12.0. The Morgan fingerprint density at radius 1 is 1.19 bits per heavy atom. The average molecular weight is 355 g/mol. The van der Waals surface area contributed by atoms with Crippen LogP contribution >= 0.6 is 15.9 Å². The predicted octanol–water partition coefficient (Wildman–Crippen LogP) is 2.40. The highest BCUT2D eigenvalue weighted by Gasteiger charge is 2.49. The Bertz CT molecular complexity index is 533. The van der Waals surface area contributed by atoms with Gasteiger partial charge < -0.3 is 20.5 Å². The zero-order valence-corrected chi connectivity index (χ0v) is 13.3. The van der Waals surface area contributed by atoms with Gasteiger partial charge in [-0.1, -0.05) is 22.0 Å². The molecule has 6 heteroatoms. The number of hydrogen-bond donors (Lipinski definition) is 2. The van der Waals surface area contributed by atoms with E-state index in [1.807, 2.05) is 24.3 Å². The lowest BCUT2D eigenvalue weighted by atomic mass is 9.78. The molecule has 0 unspecified atom stereocenters. The molecular weight excluding hydrogens is 336 g/mol. The molecule has 21 heavy (non-hydrogen) atoms. The van der Waals surface area contributed by atoms with Crippen molar-refractivity contribution in [1.29, 1.82) is 0 Å². The molecule has 1 aromatic carbocycles. The number of amides is 1. The molecule has 0 atom stereocenters. The molecule has 1 saturated carbocycles. The highest BCUT2D eigenvalue weighted by atomic mass is 79.9. The van der Waals surface area contributed by atoms with E-state index in [2.05, 4.69) is 21.2 Å². The fourth-order valence-corrected chi connectivity index (χ4v) is 3.52. The number of nitrogens with one attached hydrogen (secondary N) is 1. The number of carbonyl (C=O) groups excluding carboxylic acids is 1. The maximum Gasteiger partial charge on any atom is 0.243 e. The summed E-state index contributed by atoms with van der Waals surface area (Å²) < 4.78 is 12.4. The minimum atomic E-state index is -0.735. The van der Waals surface area contributed by atoms with Gasteiger partial charge in [0.1, 0.15) is 5.54 Å². The normalized spacial score (nSPS) is 23.1. The molecule has 0 aromatic heterocycles. The topological polar surface area (TPSA) is 73.6 Å². The van der Waals surface area contributed by atoms with Crippen molar-refractivity contribution in [2.24, 2.45) is 5.73 Å². The SMILES string of the molecule is NC(=O)C1(Nc2cccc(Br)c2)CCC2(CC1)OCCO2. The highest BCUT2D eigenvalue weighted by Crippen LogP contribution is 2.41. The van der Waals surface area contributed by atoms with Crippen LogP contribution < -0.4 is 11.1 Å². The van der Waals surface area contributed by atoms with Crippen molar-refractivity contribution < 1.29 is 14.3 Å². The Morgan fingerprint density at radius 2 is 1.86 bits per heavy atom. The predicted molar refractivity (Wildman–Crippen MR) is 82.8 cm³/mol. The van der Waals surface area contributed by atoms with E-state index in [1.165, 1.54) is 0 Å². The number of ether oxygens (including phenoxy) is 2. The molecule has 1 heterocycles. The van der Waals surface area contributed by atoms with Crippen molar-refractivity contribution in [3.05, 3.63) is 28.7 Å². The largest absolute Gasteiger partial charge is 0.371 e. The third-order valence-electron chi connectivity index (χ3n) is 4.36. The lowest BCUT2D eigenvalue weighted by Gasteiger charge is -2.42. The Labute approximate surface area is 132 Å². The van der Waals surface area contributed by atoms with Crippen LogP contribution in [-0.4, -0.2) is 30.4 Å². The quantitative estimate of drug-likeness (QED) is 0.873. The van der Waals surface area contributed by atoms with Gasteiger partial charge >= 0.3 is 0 Å². The molecule has 0 bridgehead atoms. The van der Waals surface area contributed by atoms with Crippen LogP contribution in [0.2, 0.25) is 0 Å². The molecule has 3 N–H and O–H groups in total. The Hall–Kier alpha value is -1.11. The van der Waals surface area contributed by atoms with Gasteiger partial charge in [0.05, 0.1) is 13.2 Å². The minimum absolute atomic E-state index is 0.324. The summed E-state index contributed by atoms with van der Waals surface area (Å²) in [7, 11) is 0. The van der Waals surface area contributed by atoms with Gasteiger partial charge in [0, 0.05) is 23.0 Å². The van der Waals surface area contributed by atoms with E-state index in [-0.39, 0.29) is 5.91 Å². The molecule has 2 aliphatic rings. The monoisotopic (exact) mass is 354 g/mol. The van der Waals surface area contributed by atoms with Crippen molar-refractivity contribution in [2.75, 3.05) is 18.5 Å². The number of primary amides is 1. The fraction of sp³-hybridized carbons (Fsp3) is 0.533. The Morgan fingerprint density at radius 3 is 2.43 bits per heavy atom. The highest BCUT2D eigenvalue weighted by molar-refractivity contribution is 9.10. The summed E-state index contributed by atoms with van der Waals surface area (Å²) in [5.74, 6) is -0.826. The second-order valence-corrected chi connectivity index (χ2v) is 6.60. The molecule has 1 amide bonds. The first-order valence-corrected chi connectivity index (χ1v) is 7.95. The fourth-order valence-electron chi connectivity index (χ4n) is 3.12. The van der Waals surface area contributed by atoms with Crippen molar-refractivity contribution in [3.63, 3.8) is 0 Å². The third-order valence-corrected chi connectivity index (χ3v) is 4.85. The summed E-state index contributed by atoms with van der Waals surface area (Å²) in [6, 6.07) is 7.74. The molecule has 114 valence electrons. The minimum Gasteiger partial charge on any atom is -0.371 e. The Kier molecular flexibility index (Phi) is 3.94. The van der Waals surface area contributed by atoms with Crippen molar-refractivity contribution in [3.8, 4) is 0 Å². The van der Waals surface area contributed by atoms with Gasteiger partial charge in [-0.25, -0.2) is 0 Å². The van der Waals surface area contributed by atoms with Gasteiger partial charge in [-0.15, -0.1) is 0 Å². The van der Waals surface area contributed by atoms with Crippen LogP contribution in [0.25, 0.3) is 0 Å². The first kappa shape index (κ1) is 14.8. The molecule has 1 aliphatic carbocycles. The lowest BCUT2D eigenvalue weighted by Crippen LogP contribution is -2.55. The molecular formula is C15H19BrN2O3. The Balaban J connectivity index is 1.77. The van der Waals surface area contributed by atoms with Crippen LogP contribution in [0.3, 0.4) is 0 Å². The summed E-state index contributed by atoms with van der Waals surface area (Å²) in [5, 5.41) is 3.33. The smallest absolute Gasteiger partial charge is 0.243 e. The summed E-state index contributed by atoms with van der Waals surface area (Å²) in [4.78, 5) is 12.0. The van der Waals surface area contributed by atoms with E-state index >= 15 is 0 Å². The summed E-state index contributed by atoms with van der Waals surface area (Å²) in [6.07, 6.45) is 2.57. The molecule has 1 aromatic rings. The maximum atomic E-state index is 12.0. The van der Waals surface area contributed by atoms with Crippen LogP contribution in [0.5, 0.6) is 0 Å². The molecule has 5 nitrogen and oxygen atoms in total. The number of nitrogens with two attached hydrogens (primary N) is 1. The molecule has 0 radical (unpaired) electrons. The third kappa shape index (κ3) is 2.93. The van der Waals surface area contributed by atoms with Crippen LogP contribution in [-0.2, 0) is 14.3 Å². The molecule has 1 spiro atoms. The van der Waals surface area contributed by atoms with Gasteiger partial charge in [0.15, 0.2) is 5.79 Å². The van der Waals surface area contributed by atoms with Crippen LogP contribution in [0, 0.1) is 0 Å². The number of carbonyl (C=O) groups is 1. The van der Waals surface area contributed by atoms with Crippen molar-refractivity contribution in [2.45, 2.75) is 37.0 Å². The van der Waals surface area contributed by atoms with E-state index < -0.39 is 11.3 Å². The van der Waals surface area contributed by atoms with Gasteiger partial charge in [0.2, 0.25) is 5.91 Å². The first-order valence-electron chi connectivity index (χ1n) is 7.15. The number of anilines is 1. The summed E-state index contributed by atoms with van der Waals surface area (Å²) >= 11 is 3.43. The number of benzene rings is 1. The van der Waals surface area contributed by atoms with Crippen molar-refractivity contribution in [1.82, 2.24) is 0 Å². The van der Waals surface area contributed by atoms with Crippen LogP contribution in [0.15, 0.2) is 28.7 Å². The van der Waals surface area contributed by atoms with Gasteiger partial charge in [-0.3, -0.25) is 4.79 Å². The first-order chi connectivity index (χ1) is 10.0. The number of hydrogen-bond acceptors (Lipinski definition) is 4. The molecule has 3 rings (SSSR count). The van der Waals surface area contributed by atoms with Crippen molar-refractivity contribution >= 4 is 27.5 Å². The molecule has 2 fully saturated rings. The number of rotatable bonds is 3. The van der Waals surface area contributed by atoms with E-state index in [1.54, 1.807) is 0 Å². The average Bonchev–Trinajstić information content (AvgIpc) is 2.90. The second-order valence-electron chi connectivity index (χ2n) is 5.69. The van der Waals surface area contributed by atoms with Gasteiger partial charge in [-0.05, 0) is 31.0 Å². The molecule has 1 aliphatic heterocycles. The van der Waals surface area contributed by atoms with E-state index in [9.17, 15) is 4.79 Å². The summed E-state index contributed by atoms with van der Waals surface area (Å²) in [6.45, 7) is 1.26. The van der Waals surface area contributed by atoms with E-state index in [4.69, 9.17) is 15.2 Å². The van der Waals surface area contributed by atoms with Gasteiger partial charge in [0.25, 0.3) is 0 Å². The van der Waals surface area contributed by atoms with E-state index in [0.29, 0.717) is 38.9 Å². The standard InChI is InChI=1S/C15H19BrN2O3/c16-11-2-1-3-12(10-11)18-14(13(17)19)4-6-15(7-5-14)20-8-9-21-15/h1-3,10,18H,4-9H2,(H2,17,19). The second kappa shape index (κ2) is 5.59. The number of halogens is 1.